The molecule has 1 aliphatic rings. The van der Waals surface area contributed by atoms with Gasteiger partial charge in [0, 0.05) is 44.3 Å². The largest absolute Gasteiger partial charge is 0.416 e. The first-order valence-corrected chi connectivity index (χ1v) is 8.65. The topological polar surface area (TPSA) is 61.4 Å². The van der Waals surface area contributed by atoms with Gasteiger partial charge < -0.3 is 15.1 Å². The van der Waals surface area contributed by atoms with Crippen LogP contribution in [0.5, 0.6) is 0 Å². The lowest BCUT2D eigenvalue weighted by molar-refractivity contribution is -0.137. The Hall–Kier alpha value is -2.68. The lowest BCUT2D eigenvalue weighted by Gasteiger charge is -2.33. The van der Waals surface area contributed by atoms with Crippen molar-refractivity contribution in [3.8, 4) is 0 Å². The number of amides is 1. The number of halogens is 3. The molecule has 1 N–H and O–H groups in total. The number of rotatable bonds is 4. The lowest BCUT2D eigenvalue weighted by atomic mass is 10.2. The Balaban J connectivity index is 1.61. The molecule has 0 spiro atoms. The molecular weight excluding hydrogens is 359 g/mol. The number of benzene rings is 1. The molecule has 0 atom stereocenters. The van der Waals surface area contributed by atoms with Gasteiger partial charge in [0.15, 0.2) is 0 Å². The van der Waals surface area contributed by atoms with Gasteiger partial charge in [-0.3, -0.25) is 4.79 Å². The summed E-state index contributed by atoms with van der Waals surface area (Å²) in [6, 6.07) is 4.27. The average molecular weight is 379 g/mol. The van der Waals surface area contributed by atoms with Crippen LogP contribution >= 0.6 is 0 Å². The number of likely N-dealkylation sites (N-methyl/N-ethyl adjacent to an activating group) is 1. The maximum atomic E-state index is 12.6. The number of nitrogens with zero attached hydrogens (tertiary/aromatic N) is 4. The predicted octanol–water partition coefficient (Wildman–Crippen LogP) is 2.89. The van der Waals surface area contributed by atoms with Crippen LogP contribution in [0.25, 0.3) is 0 Å². The van der Waals surface area contributed by atoms with Gasteiger partial charge in [-0.1, -0.05) is 6.92 Å². The maximum Gasteiger partial charge on any atom is 0.416 e. The van der Waals surface area contributed by atoms with E-state index in [2.05, 4.69) is 32.0 Å². The molecule has 1 aromatic heterocycles. The lowest BCUT2D eigenvalue weighted by Crippen LogP contribution is -2.46. The zero-order chi connectivity index (χ0) is 19.4. The van der Waals surface area contributed by atoms with Gasteiger partial charge in [-0.15, -0.1) is 0 Å². The second kappa shape index (κ2) is 7.91. The third-order valence-corrected chi connectivity index (χ3v) is 4.47. The molecule has 0 bridgehead atoms. The van der Waals surface area contributed by atoms with Crippen molar-refractivity contribution in [3.05, 3.63) is 47.8 Å². The Morgan fingerprint density at radius 2 is 1.67 bits per heavy atom. The van der Waals surface area contributed by atoms with Crippen molar-refractivity contribution in [2.75, 3.05) is 42.9 Å². The van der Waals surface area contributed by atoms with Crippen molar-refractivity contribution in [2.45, 2.75) is 13.1 Å². The van der Waals surface area contributed by atoms with Crippen molar-refractivity contribution in [1.82, 2.24) is 14.9 Å². The molecule has 0 unspecified atom stereocenters. The molecule has 0 radical (unpaired) electrons. The minimum absolute atomic E-state index is 0.242. The molecule has 9 heteroatoms. The Labute approximate surface area is 155 Å². The second-order valence-corrected chi connectivity index (χ2v) is 6.22. The molecule has 1 aliphatic heterocycles. The van der Waals surface area contributed by atoms with E-state index >= 15 is 0 Å². The number of piperazine rings is 1. The van der Waals surface area contributed by atoms with Crippen molar-refractivity contribution in [2.24, 2.45) is 0 Å². The van der Waals surface area contributed by atoms with E-state index in [1.807, 2.05) is 0 Å². The molecule has 27 heavy (non-hydrogen) atoms. The summed E-state index contributed by atoms with van der Waals surface area (Å²) >= 11 is 0. The minimum atomic E-state index is -4.41. The normalized spacial score (nSPS) is 15.6. The Kier molecular flexibility index (Phi) is 5.59. The fourth-order valence-corrected chi connectivity index (χ4v) is 2.81. The monoisotopic (exact) mass is 379 g/mol. The number of nitrogens with one attached hydrogen (secondary N) is 1. The number of hydrogen-bond acceptors (Lipinski definition) is 5. The van der Waals surface area contributed by atoms with Gasteiger partial charge in [-0.25, -0.2) is 9.97 Å². The van der Waals surface area contributed by atoms with Gasteiger partial charge in [0.25, 0.3) is 5.91 Å². The summed E-state index contributed by atoms with van der Waals surface area (Å²) in [5.74, 6) is 0.0916. The van der Waals surface area contributed by atoms with E-state index in [1.165, 1.54) is 24.5 Å². The first-order valence-electron chi connectivity index (χ1n) is 8.65. The third kappa shape index (κ3) is 4.73. The predicted molar refractivity (Wildman–Crippen MR) is 95.8 cm³/mol. The Morgan fingerprint density at radius 3 is 2.19 bits per heavy atom. The highest BCUT2D eigenvalue weighted by Crippen LogP contribution is 2.29. The summed E-state index contributed by atoms with van der Waals surface area (Å²) in [4.78, 5) is 25.1. The van der Waals surface area contributed by atoms with E-state index < -0.39 is 17.6 Å². The minimum Gasteiger partial charge on any atom is -0.338 e. The summed E-state index contributed by atoms with van der Waals surface area (Å²) in [5.41, 5.74) is -0.255. The van der Waals surface area contributed by atoms with Gasteiger partial charge in [0.2, 0.25) is 5.95 Å². The van der Waals surface area contributed by atoms with Crippen LogP contribution in [0.15, 0.2) is 36.7 Å². The molecule has 1 saturated heterocycles. The van der Waals surface area contributed by atoms with Gasteiger partial charge >= 0.3 is 6.18 Å². The zero-order valence-corrected chi connectivity index (χ0v) is 14.8. The quantitative estimate of drug-likeness (QED) is 0.885. The maximum absolute atomic E-state index is 12.6. The summed E-state index contributed by atoms with van der Waals surface area (Å²) in [6.07, 6.45) is -1.56. The number of carbonyl (C=O) groups excluding carboxylic acids is 1. The standard InChI is InChI=1S/C18H20F3N5O/c1-2-25-7-9-26(10-8-25)17-22-11-13(12-23-17)16(27)24-15-5-3-14(4-6-15)18(19,20)21/h3-6,11-12H,2,7-10H2,1H3,(H,24,27). The summed E-state index contributed by atoms with van der Waals surface area (Å²) in [6.45, 7) is 6.66. The van der Waals surface area contributed by atoms with Gasteiger partial charge in [-0.05, 0) is 30.8 Å². The molecular formula is C18H20F3N5O. The summed E-state index contributed by atoms with van der Waals surface area (Å²) in [5, 5.41) is 2.54. The summed E-state index contributed by atoms with van der Waals surface area (Å²) < 4.78 is 37.7. The van der Waals surface area contributed by atoms with Crippen LogP contribution in [-0.2, 0) is 6.18 Å². The highest BCUT2D eigenvalue weighted by molar-refractivity contribution is 6.03. The van der Waals surface area contributed by atoms with E-state index in [0.29, 0.717) is 5.95 Å². The van der Waals surface area contributed by atoms with Crippen LogP contribution in [0.4, 0.5) is 24.8 Å². The zero-order valence-electron chi connectivity index (χ0n) is 14.8. The van der Waals surface area contributed by atoms with E-state index in [0.717, 1.165) is 44.9 Å². The molecule has 1 fully saturated rings. The van der Waals surface area contributed by atoms with E-state index in [1.54, 1.807) is 0 Å². The van der Waals surface area contributed by atoms with E-state index in [9.17, 15) is 18.0 Å². The first-order chi connectivity index (χ1) is 12.9. The number of carbonyl (C=O) groups is 1. The SMILES string of the molecule is CCN1CCN(c2ncc(C(=O)Nc3ccc(C(F)(F)F)cc3)cn2)CC1. The molecule has 3 rings (SSSR count). The van der Waals surface area contributed by atoms with Crippen LogP contribution in [0.3, 0.4) is 0 Å². The van der Waals surface area contributed by atoms with Crippen molar-refractivity contribution >= 4 is 17.5 Å². The summed E-state index contributed by atoms with van der Waals surface area (Å²) in [7, 11) is 0. The molecule has 144 valence electrons. The highest BCUT2D eigenvalue weighted by Gasteiger charge is 2.30. The van der Waals surface area contributed by atoms with Crippen LogP contribution in [0.1, 0.15) is 22.8 Å². The molecule has 0 aliphatic carbocycles. The van der Waals surface area contributed by atoms with Gasteiger partial charge in [0.1, 0.15) is 0 Å². The third-order valence-electron chi connectivity index (χ3n) is 4.47. The number of anilines is 2. The van der Waals surface area contributed by atoms with Gasteiger partial charge in [-0.2, -0.15) is 13.2 Å². The Morgan fingerprint density at radius 1 is 1.07 bits per heavy atom. The molecule has 2 aromatic rings. The molecule has 6 nitrogen and oxygen atoms in total. The van der Waals surface area contributed by atoms with E-state index in [4.69, 9.17) is 0 Å². The van der Waals surface area contributed by atoms with Crippen LogP contribution in [0.2, 0.25) is 0 Å². The van der Waals surface area contributed by atoms with E-state index in [-0.39, 0.29) is 11.3 Å². The fourth-order valence-electron chi connectivity index (χ4n) is 2.81. The smallest absolute Gasteiger partial charge is 0.338 e. The highest BCUT2D eigenvalue weighted by atomic mass is 19.4. The van der Waals surface area contributed by atoms with Crippen molar-refractivity contribution in [1.29, 1.82) is 0 Å². The second-order valence-electron chi connectivity index (χ2n) is 6.22. The van der Waals surface area contributed by atoms with Crippen molar-refractivity contribution in [3.63, 3.8) is 0 Å². The van der Waals surface area contributed by atoms with Crippen molar-refractivity contribution < 1.29 is 18.0 Å². The van der Waals surface area contributed by atoms with Crippen LogP contribution in [0, 0.1) is 0 Å². The molecule has 2 heterocycles. The van der Waals surface area contributed by atoms with Crippen LogP contribution in [-0.4, -0.2) is 53.5 Å². The number of hydrogen-bond donors (Lipinski definition) is 1. The van der Waals surface area contributed by atoms with Crippen LogP contribution < -0.4 is 10.2 Å². The number of alkyl halides is 3. The Bertz CT molecular complexity index is 769. The molecule has 0 saturated carbocycles. The fraction of sp³-hybridized carbons (Fsp3) is 0.389. The van der Waals surface area contributed by atoms with Gasteiger partial charge in [0.05, 0.1) is 11.1 Å². The molecule has 1 amide bonds. The average Bonchev–Trinajstić information content (AvgIpc) is 2.68. The molecule has 1 aromatic carbocycles. The number of aromatic nitrogens is 2. The first kappa shape index (κ1) is 19.1.